The first-order valence-corrected chi connectivity index (χ1v) is 6.07. The Morgan fingerprint density at radius 3 is 2.85 bits per heavy atom. The molecule has 7 nitrogen and oxygen atoms in total. The van der Waals surface area contributed by atoms with Gasteiger partial charge in [-0.05, 0) is 30.3 Å². The zero-order valence-electron chi connectivity index (χ0n) is 10.5. The molecule has 20 heavy (non-hydrogen) atoms. The molecule has 1 aromatic carbocycles. The van der Waals surface area contributed by atoms with Gasteiger partial charge in [0.25, 0.3) is 0 Å². The Hall–Kier alpha value is -2.96. The van der Waals surface area contributed by atoms with Crippen LogP contribution in [0.15, 0.2) is 48.8 Å². The SMILES string of the molecule is O=C(Cc1nn[nH]n1)Nc1cccc(-n2cccc2)c1. The Kier molecular flexibility index (Phi) is 3.24. The summed E-state index contributed by atoms with van der Waals surface area (Å²) in [5.74, 6) is 0.181. The fourth-order valence-corrected chi connectivity index (χ4v) is 1.86. The summed E-state index contributed by atoms with van der Waals surface area (Å²) in [5, 5.41) is 16.0. The van der Waals surface area contributed by atoms with Crippen LogP contribution in [0.4, 0.5) is 5.69 Å². The number of aromatic amines is 1. The second-order valence-electron chi connectivity index (χ2n) is 4.19. The van der Waals surface area contributed by atoms with Crippen LogP contribution in [0.1, 0.15) is 5.82 Å². The molecule has 3 aromatic rings. The number of nitrogens with one attached hydrogen (secondary N) is 2. The number of tetrazole rings is 1. The highest BCUT2D eigenvalue weighted by Crippen LogP contribution is 2.15. The number of rotatable bonds is 4. The summed E-state index contributed by atoms with van der Waals surface area (Å²) < 4.78 is 1.97. The quantitative estimate of drug-likeness (QED) is 0.743. The molecule has 1 amide bonds. The van der Waals surface area contributed by atoms with Crippen LogP contribution in [0, 0.1) is 0 Å². The molecular weight excluding hydrogens is 256 g/mol. The van der Waals surface area contributed by atoms with E-state index in [1.807, 2.05) is 53.4 Å². The number of hydrogen-bond donors (Lipinski definition) is 2. The van der Waals surface area contributed by atoms with Crippen LogP contribution in [0.5, 0.6) is 0 Å². The Labute approximate surface area is 114 Å². The molecule has 0 atom stereocenters. The standard InChI is InChI=1S/C13H12N6O/c20-13(9-12-15-17-18-16-12)14-10-4-3-5-11(8-10)19-6-1-2-7-19/h1-8H,9H2,(H,14,20)(H,15,16,17,18). The van der Waals surface area contributed by atoms with Gasteiger partial charge in [-0.25, -0.2) is 0 Å². The minimum Gasteiger partial charge on any atom is -0.326 e. The molecule has 0 radical (unpaired) electrons. The van der Waals surface area contributed by atoms with Crippen molar-refractivity contribution in [2.24, 2.45) is 0 Å². The van der Waals surface area contributed by atoms with E-state index in [0.717, 1.165) is 11.4 Å². The van der Waals surface area contributed by atoms with E-state index in [-0.39, 0.29) is 12.3 Å². The lowest BCUT2D eigenvalue weighted by Gasteiger charge is -2.07. The first kappa shape index (κ1) is 12.1. The van der Waals surface area contributed by atoms with E-state index >= 15 is 0 Å². The van der Waals surface area contributed by atoms with Gasteiger partial charge in [-0.15, -0.1) is 10.2 Å². The van der Waals surface area contributed by atoms with Gasteiger partial charge in [0.05, 0.1) is 6.42 Å². The first-order valence-electron chi connectivity index (χ1n) is 6.07. The van der Waals surface area contributed by atoms with Crippen LogP contribution in [-0.2, 0) is 11.2 Å². The van der Waals surface area contributed by atoms with Crippen molar-refractivity contribution in [3.63, 3.8) is 0 Å². The molecule has 0 unspecified atom stereocenters. The molecule has 0 aliphatic rings. The van der Waals surface area contributed by atoms with Crippen LogP contribution >= 0.6 is 0 Å². The van der Waals surface area contributed by atoms with Crippen molar-refractivity contribution in [3.8, 4) is 5.69 Å². The molecule has 2 aromatic heterocycles. The van der Waals surface area contributed by atoms with Gasteiger partial charge in [-0.3, -0.25) is 4.79 Å². The van der Waals surface area contributed by atoms with Gasteiger partial charge >= 0.3 is 0 Å². The third-order valence-electron chi connectivity index (χ3n) is 2.74. The molecule has 2 N–H and O–H groups in total. The second kappa shape index (κ2) is 5.35. The van der Waals surface area contributed by atoms with Crippen molar-refractivity contribution in [1.29, 1.82) is 0 Å². The second-order valence-corrected chi connectivity index (χ2v) is 4.19. The largest absolute Gasteiger partial charge is 0.326 e. The third kappa shape index (κ3) is 2.72. The van der Waals surface area contributed by atoms with Crippen molar-refractivity contribution >= 4 is 11.6 Å². The number of H-pyrrole nitrogens is 1. The van der Waals surface area contributed by atoms with E-state index in [9.17, 15) is 4.79 Å². The number of carbonyl (C=O) groups is 1. The summed E-state index contributed by atoms with van der Waals surface area (Å²) >= 11 is 0. The lowest BCUT2D eigenvalue weighted by Crippen LogP contribution is -2.15. The number of carbonyl (C=O) groups excluding carboxylic acids is 1. The zero-order valence-corrected chi connectivity index (χ0v) is 10.5. The average molecular weight is 268 g/mol. The number of hydrogen-bond acceptors (Lipinski definition) is 4. The van der Waals surface area contributed by atoms with Crippen LogP contribution in [0.2, 0.25) is 0 Å². The van der Waals surface area contributed by atoms with Gasteiger partial charge in [0.15, 0.2) is 5.82 Å². The van der Waals surface area contributed by atoms with Crippen LogP contribution in [0.3, 0.4) is 0 Å². The third-order valence-corrected chi connectivity index (χ3v) is 2.74. The topological polar surface area (TPSA) is 88.5 Å². The molecule has 2 heterocycles. The van der Waals surface area contributed by atoms with E-state index in [4.69, 9.17) is 0 Å². The maximum Gasteiger partial charge on any atom is 0.232 e. The molecule has 0 fully saturated rings. The predicted molar refractivity (Wildman–Crippen MR) is 72.3 cm³/mol. The molecule has 0 saturated heterocycles. The summed E-state index contributed by atoms with van der Waals surface area (Å²) in [6, 6.07) is 11.5. The zero-order chi connectivity index (χ0) is 13.8. The van der Waals surface area contributed by atoms with E-state index in [1.54, 1.807) is 0 Å². The van der Waals surface area contributed by atoms with Crippen molar-refractivity contribution < 1.29 is 4.79 Å². The van der Waals surface area contributed by atoms with E-state index in [2.05, 4.69) is 25.9 Å². The number of benzene rings is 1. The normalized spacial score (nSPS) is 10.4. The van der Waals surface area contributed by atoms with Gasteiger partial charge in [0.1, 0.15) is 0 Å². The van der Waals surface area contributed by atoms with E-state index < -0.39 is 0 Å². The van der Waals surface area contributed by atoms with Crippen LogP contribution in [0.25, 0.3) is 5.69 Å². The number of anilines is 1. The minimum atomic E-state index is -0.184. The lowest BCUT2D eigenvalue weighted by atomic mass is 10.2. The van der Waals surface area contributed by atoms with Gasteiger partial charge < -0.3 is 9.88 Å². The van der Waals surface area contributed by atoms with Crippen molar-refractivity contribution in [3.05, 3.63) is 54.6 Å². The van der Waals surface area contributed by atoms with Gasteiger partial charge in [0, 0.05) is 23.8 Å². The molecule has 0 spiro atoms. The summed E-state index contributed by atoms with van der Waals surface area (Å²) in [4.78, 5) is 11.8. The van der Waals surface area contributed by atoms with Crippen LogP contribution < -0.4 is 5.32 Å². The number of nitrogens with zero attached hydrogens (tertiary/aromatic N) is 4. The molecular formula is C13H12N6O. The molecule has 7 heteroatoms. The molecule has 0 aliphatic carbocycles. The molecule has 100 valence electrons. The summed E-state index contributed by atoms with van der Waals surface area (Å²) in [7, 11) is 0. The molecule has 3 rings (SSSR count). The molecule has 0 bridgehead atoms. The summed E-state index contributed by atoms with van der Waals surface area (Å²) in [6.45, 7) is 0. The van der Waals surface area contributed by atoms with Gasteiger partial charge in [-0.2, -0.15) is 5.21 Å². The smallest absolute Gasteiger partial charge is 0.232 e. The van der Waals surface area contributed by atoms with E-state index in [0.29, 0.717) is 5.82 Å². The maximum atomic E-state index is 11.8. The van der Waals surface area contributed by atoms with Crippen molar-refractivity contribution in [1.82, 2.24) is 25.2 Å². The van der Waals surface area contributed by atoms with Crippen molar-refractivity contribution in [2.45, 2.75) is 6.42 Å². The molecule has 0 aliphatic heterocycles. The Balaban J connectivity index is 1.71. The average Bonchev–Trinajstić information content (AvgIpc) is 3.11. The number of aromatic nitrogens is 5. The predicted octanol–water partition coefficient (Wildman–Crippen LogP) is 1.17. The summed E-state index contributed by atoms with van der Waals surface area (Å²) in [5.41, 5.74) is 1.71. The highest BCUT2D eigenvalue weighted by molar-refractivity contribution is 5.92. The van der Waals surface area contributed by atoms with Gasteiger partial charge in [-0.1, -0.05) is 11.3 Å². The summed E-state index contributed by atoms with van der Waals surface area (Å²) in [6.07, 6.45) is 3.98. The van der Waals surface area contributed by atoms with Crippen LogP contribution in [-0.4, -0.2) is 31.1 Å². The fraction of sp³-hybridized carbons (Fsp3) is 0.0769. The Morgan fingerprint density at radius 2 is 2.10 bits per heavy atom. The van der Waals surface area contributed by atoms with Crippen molar-refractivity contribution in [2.75, 3.05) is 5.32 Å². The molecule has 0 saturated carbocycles. The van der Waals surface area contributed by atoms with E-state index in [1.165, 1.54) is 0 Å². The van der Waals surface area contributed by atoms with Gasteiger partial charge in [0.2, 0.25) is 5.91 Å². The minimum absolute atomic E-state index is 0.0875. The number of amides is 1. The highest BCUT2D eigenvalue weighted by atomic mass is 16.1. The Morgan fingerprint density at radius 1 is 1.25 bits per heavy atom. The lowest BCUT2D eigenvalue weighted by molar-refractivity contribution is -0.115. The first-order chi connectivity index (χ1) is 9.81. The Bertz CT molecular complexity index is 689. The monoisotopic (exact) mass is 268 g/mol. The fourth-order valence-electron chi connectivity index (χ4n) is 1.86. The highest BCUT2D eigenvalue weighted by Gasteiger charge is 2.08. The maximum absolute atomic E-state index is 11.8.